The van der Waals surface area contributed by atoms with E-state index in [2.05, 4.69) is 15.5 Å². The maximum atomic E-state index is 12.8. The van der Waals surface area contributed by atoms with Gasteiger partial charge < -0.3 is 21.1 Å². The molecule has 0 bridgehead atoms. The first kappa shape index (κ1) is 21.9. The number of nitrogens with one attached hydrogen (secondary N) is 2. The average molecular weight is 418 g/mol. The largest absolute Gasteiger partial charge is 0.494 e. The number of nitrogens with two attached hydrogens (primary N) is 1. The fourth-order valence-corrected chi connectivity index (χ4v) is 3.26. The van der Waals surface area contributed by atoms with E-state index < -0.39 is 6.03 Å². The molecule has 0 aliphatic rings. The van der Waals surface area contributed by atoms with E-state index >= 15 is 0 Å². The summed E-state index contributed by atoms with van der Waals surface area (Å²) in [5, 5.41) is 5.38. The molecule has 0 heterocycles. The first-order valence-corrected chi connectivity index (χ1v) is 9.88. The van der Waals surface area contributed by atoms with Crippen LogP contribution in [-0.4, -0.2) is 30.5 Å². The number of anilines is 2. The molecule has 3 aromatic carbocycles. The van der Waals surface area contributed by atoms with Crippen LogP contribution in [0.1, 0.15) is 11.1 Å². The number of primary amides is 1. The molecule has 0 spiro atoms. The lowest BCUT2D eigenvalue weighted by molar-refractivity contribution is -0.117. The number of urea groups is 1. The lowest BCUT2D eigenvalue weighted by Crippen LogP contribution is -2.32. The van der Waals surface area contributed by atoms with Crippen molar-refractivity contribution in [1.29, 1.82) is 0 Å². The van der Waals surface area contributed by atoms with Crippen molar-refractivity contribution in [2.45, 2.75) is 13.1 Å². The summed E-state index contributed by atoms with van der Waals surface area (Å²) in [6.07, 6.45) is 0. The van der Waals surface area contributed by atoms with E-state index in [-0.39, 0.29) is 12.5 Å². The number of hydrogen-bond donors (Lipinski definition) is 3. The van der Waals surface area contributed by atoms with Crippen molar-refractivity contribution >= 4 is 23.3 Å². The average Bonchev–Trinajstić information content (AvgIpc) is 2.75. The predicted molar refractivity (Wildman–Crippen MR) is 122 cm³/mol. The Bertz CT molecular complexity index is 968. The van der Waals surface area contributed by atoms with Crippen molar-refractivity contribution in [1.82, 2.24) is 4.90 Å². The minimum absolute atomic E-state index is 0.149. The summed E-state index contributed by atoms with van der Waals surface area (Å²) < 4.78 is 5.28. The van der Waals surface area contributed by atoms with Gasteiger partial charge in [-0.1, -0.05) is 60.7 Å². The van der Waals surface area contributed by atoms with Gasteiger partial charge in [0.1, 0.15) is 5.75 Å². The third-order valence-corrected chi connectivity index (χ3v) is 4.61. The highest BCUT2D eigenvalue weighted by molar-refractivity contribution is 5.94. The molecular formula is C24H26N4O3. The van der Waals surface area contributed by atoms with Gasteiger partial charge in [-0.3, -0.25) is 9.69 Å². The molecule has 7 nitrogen and oxygen atoms in total. The Kier molecular flexibility index (Phi) is 7.61. The van der Waals surface area contributed by atoms with Gasteiger partial charge in [0.05, 0.1) is 19.3 Å². The van der Waals surface area contributed by atoms with Crippen molar-refractivity contribution < 1.29 is 14.3 Å². The predicted octanol–water partition coefficient (Wildman–Crippen LogP) is 3.83. The van der Waals surface area contributed by atoms with Gasteiger partial charge in [-0.05, 0) is 23.3 Å². The Balaban J connectivity index is 1.70. The highest BCUT2D eigenvalue weighted by atomic mass is 16.5. The van der Waals surface area contributed by atoms with Gasteiger partial charge in [0.15, 0.2) is 0 Å². The number of carbonyl (C=O) groups excluding carboxylic acids is 2. The molecule has 0 atom stereocenters. The number of benzene rings is 3. The molecule has 0 unspecified atom stereocenters. The van der Waals surface area contributed by atoms with E-state index in [1.807, 2.05) is 60.7 Å². The van der Waals surface area contributed by atoms with Crippen LogP contribution < -0.4 is 21.1 Å². The van der Waals surface area contributed by atoms with E-state index in [4.69, 9.17) is 10.5 Å². The van der Waals surface area contributed by atoms with Crippen LogP contribution in [-0.2, 0) is 17.9 Å². The van der Waals surface area contributed by atoms with Gasteiger partial charge in [0.25, 0.3) is 0 Å². The SMILES string of the molecule is COc1cc(NC(=O)CN(Cc2ccccc2)Cc2ccccc2)ccc1NC(N)=O. The zero-order chi connectivity index (χ0) is 22.1. The van der Waals surface area contributed by atoms with E-state index in [9.17, 15) is 9.59 Å². The van der Waals surface area contributed by atoms with Gasteiger partial charge in [0, 0.05) is 24.8 Å². The fourth-order valence-electron chi connectivity index (χ4n) is 3.26. The molecule has 7 heteroatoms. The molecule has 3 amide bonds. The third-order valence-electron chi connectivity index (χ3n) is 4.61. The highest BCUT2D eigenvalue weighted by Crippen LogP contribution is 2.27. The molecule has 0 radical (unpaired) electrons. The van der Waals surface area contributed by atoms with Crippen molar-refractivity contribution in [3.8, 4) is 5.75 Å². The Morgan fingerprint density at radius 1 is 0.871 bits per heavy atom. The van der Waals surface area contributed by atoms with E-state index in [1.54, 1.807) is 18.2 Å². The van der Waals surface area contributed by atoms with Gasteiger partial charge in [-0.15, -0.1) is 0 Å². The quantitative estimate of drug-likeness (QED) is 0.492. The van der Waals surface area contributed by atoms with Crippen LogP contribution in [0.25, 0.3) is 0 Å². The molecule has 3 aromatic rings. The van der Waals surface area contributed by atoms with Crippen LogP contribution in [0, 0.1) is 0 Å². The van der Waals surface area contributed by atoms with Crippen molar-refractivity contribution in [3.05, 3.63) is 90.0 Å². The monoisotopic (exact) mass is 418 g/mol. The molecule has 31 heavy (non-hydrogen) atoms. The second-order valence-corrected chi connectivity index (χ2v) is 7.07. The lowest BCUT2D eigenvalue weighted by atomic mass is 10.1. The molecule has 0 aromatic heterocycles. The molecule has 0 aliphatic heterocycles. The number of nitrogens with zero attached hydrogens (tertiary/aromatic N) is 1. The van der Waals surface area contributed by atoms with Gasteiger partial charge in [-0.25, -0.2) is 4.79 Å². The summed E-state index contributed by atoms with van der Waals surface area (Å²) in [4.78, 5) is 26.0. The fraction of sp³-hybridized carbons (Fsp3) is 0.167. The molecule has 160 valence electrons. The summed E-state index contributed by atoms with van der Waals surface area (Å²) in [6, 6.07) is 24.4. The van der Waals surface area contributed by atoms with Gasteiger partial charge >= 0.3 is 6.03 Å². The second-order valence-electron chi connectivity index (χ2n) is 7.07. The Morgan fingerprint density at radius 2 is 1.45 bits per heavy atom. The van der Waals surface area contributed by atoms with Crippen molar-refractivity contribution in [2.24, 2.45) is 5.73 Å². The van der Waals surface area contributed by atoms with Crippen LogP contribution in [0.3, 0.4) is 0 Å². The molecule has 4 N–H and O–H groups in total. The second kappa shape index (κ2) is 10.8. The molecule has 0 fully saturated rings. The van der Waals surface area contributed by atoms with Crippen molar-refractivity contribution in [2.75, 3.05) is 24.3 Å². The number of rotatable bonds is 9. The van der Waals surface area contributed by atoms with Crippen LogP contribution in [0.15, 0.2) is 78.9 Å². The van der Waals surface area contributed by atoms with Crippen LogP contribution >= 0.6 is 0 Å². The molecular weight excluding hydrogens is 392 g/mol. The zero-order valence-corrected chi connectivity index (χ0v) is 17.4. The Labute approximate surface area is 181 Å². The van der Waals surface area contributed by atoms with E-state index in [1.165, 1.54) is 7.11 Å². The third kappa shape index (κ3) is 6.87. The first-order chi connectivity index (χ1) is 15.0. The number of carbonyl (C=O) groups is 2. The highest BCUT2D eigenvalue weighted by Gasteiger charge is 2.14. The normalized spacial score (nSPS) is 10.5. The molecule has 0 aliphatic carbocycles. The Morgan fingerprint density at radius 3 is 1.97 bits per heavy atom. The van der Waals surface area contributed by atoms with Gasteiger partial charge in [-0.2, -0.15) is 0 Å². The van der Waals surface area contributed by atoms with Crippen LogP contribution in [0.2, 0.25) is 0 Å². The standard InChI is InChI=1S/C24H26N4O3/c1-31-22-14-20(12-13-21(22)27-24(25)30)26-23(29)17-28(15-18-8-4-2-5-9-18)16-19-10-6-3-7-11-19/h2-14H,15-17H2,1H3,(H,26,29)(H3,25,27,30). The van der Waals surface area contributed by atoms with Gasteiger partial charge in [0.2, 0.25) is 5.91 Å². The van der Waals surface area contributed by atoms with Crippen LogP contribution in [0.4, 0.5) is 16.2 Å². The Hall–Kier alpha value is -3.84. The smallest absolute Gasteiger partial charge is 0.316 e. The maximum Gasteiger partial charge on any atom is 0.316 e. The maximum absolute atomic E-state index is 12.8. The minimum Gasteiger partial charge on any atom is -0.494 e. The number of methoxy groups -OCH3 is 1. The molecule has 0 saturated heterocycles. The summed E-state index contributed by atoms with van der Waals surface area (Å²) in [6.45, 7) is 1.51. The van der Waals surface area contributed by atoms with E-state index in [0.29, 0.717) is 30.2 Å². The van der Waals surface area contributed by atoms with Crippen molar-refractivity contribution in [3.63, 3.8) is 0 Å². The summed E-state index contributed by atoms with van der Waals surface area (Å²) in [7, 11) is 1.48. The number of ether oxygens (including phenoxy) is 1. The topological polar surface area (TPSA) is 96.7 Å². The minimum atomic E-state index is -0.687. The number of amides is 3. The number of hydrogen-bond acceptors (Lipinski definition) is 4. The summed E-state index contributed by atoms with van der Waals surface area (Å²) in [5.74, 6) is 0.256. The lowest BCUT2D eigenvalue weighted by Gasteiger charge is -2.22. The summed E-state index contributed by atoms with van der Waals surface area (Å²) >= 11 is 0. The first-order valence-electron chi connectivity index (χ1n) is 9.88. The summed E-state index contributed by atoms with van der Waals surface area (Å²) in [5.41, 5.74) is 8.43. The van der Waals surface area contributed by atoms with Crippen LogP contribution in [0.5, 0.6) is 5.75 Å². The molecule has 3 rings (SSSR count). The molecule has 0 saturated carbocycles. The zero-order valence-electron chi connectivity index (χ0n) is 17.4. The van der Waals surface area contributed by atoms with E-state index in [0.717, 1.165) is 11.1 Å².